The largest absolute Gasteiger partial charge is 0.480 e. The summed E-state index contributed by atoms with van der Waals surface area (Å²) in [6.07, 6.45) is 10.1. The van der Waals surface area contributed by atoms with Gasteiger partial charge in [-0.05, 0) is 81.4 Å². The number of carbonyl (C=O) groups is 1. The van der Waals surface area contributed by atoms with Gasteiger partial charge in [0.15, 0.2) is 0 Å². The number of benzene rings is 1. The van der Waals surface area contributed by atoms with Crippen molar-refractivity contribution in [1.82, 2.24) is 10.2 Å². The molecule has 0 radical (unpaired) electrons. The highest BCUT2D eigenvalue weighted by molar-refractivity contribution is 5.73. The zero-order chi connectivity index (χ0) is 20.6. The Morgan fingerprint density at radius 3 is 2.48 bits per heavy atom. The number of hydrogen-bond donors (Lipinski definition) is 2. The highest BCUT2D eigenvalue weighted by atomic mass is 16.4. The van der Waals surface area contributed by atoms with E-state index in [1.165, 1.54) is 63.7 Å². The molecule has 1 aliphatic carbocycles. The van der Waals surface area contributed by atoms with Crippen molar-refractivity contribution in [1.29, 1.82) is 0 Å². The van der Waals surface area contributed by atoms with Gasteiger partial charge in [0.1, 0.15) is 6.04 Å². The van der Waals surface area contributed by atoms with Crippen LogP contribution in [0.1, 0.15) is 64.4 Å². The third-order valence-corrected chi connectivity index (χ3v) is 7.03. The molecule has 29 heavy (non-hydrogen) atoms. The molecule has 0 spiro atoms. The highest BCUT2D eigenvalue weighted by Crippen LogP contribution is 2.29. The monoisotopic (exact) mass is 400 g/mol. The number of likely N-dealkylation sites (tertiary alicyclic amines) is 1. The average Bonchev–Trinajstić information content (AvgIpc) is 3.15. The molecule has 4 heteroatoms. The lowest BCUT2D eigenvalue weighted by molar-refractivity contribution is -0.140. The van der Waals surface area contributed by atoms with Crippen molar-refractivity contribution in [3.05, 3.63) is 35.9 Å². The molecule has 2 N–H and O–H groups in total. The molecule has 1 heterocycles. The molecule has 1 aliphatic heterocycles. The van der Waals surface area contributed by atoms with Gasteiger partial charge in [0, 0.05) is 12.6 Å². The first kappa shape index (κ1) is 22.3. The highest BCUT2D eigenvalue weighted by Gasteiger charge is 2.31. The predicted octanol–water partition coefficient (Wildman–Crippen LogP) is 4.59. The van der Waals surface area contributed by atoms with Crippen molar-refractivity contribution in [3.63, 3.8) is 0 Å². The van der Waals surface area contributed by atoms with Crippen LogP contribution in [0.25, 0.3) is 0 Å². The van der Waals surface area contributed by atoms with E-state index in [1.807, 2.05) is 13.8 Å². The van der Waals surface area contributed by atoms with E-state index in [-0.39, 0.29) is 5.92 Å². The standard InChI is InChI=1S/C25H40N2O2/c1-19(2)24(25(28)29)26-23-12-11-22(17-23)18-27-15-13-21(14-16-27)10-6-9-20-7-4-3-5-8-20/h3-5,7-8,19,21-24,26H,6,9-18H2,1-2H3,(H,28,29). The van der Waals surface area contributed by atoms with Gasteiger partial charge in [-0.2, -0.15) is 0 Å². The summed E-state index contributed by atoms with van der Waals surface area (Å²) in [6, 6.07) is 10.8. The van der Waals surface area contributed by atoms with Crippen LogP contribution in [-0.4, -0.2) is 47.7 Å². The Hall–Kier alpha value is -1.39. The van der Waals surface area contributed by atoms with Crippen LogP contribution in [0.5, 0.6) is 0 Å². The fraction of sp³-hybridized carbons (Fsp3) is 0.720. The molecule has 0 amide bonds. The Morgan fingerprint density at radius 2 is 1.83 bits per heavy atom. The van der Waals surface area contributed by atoms with E-state index in [4.69, 9.17) is 0 Å². The molecule has 0 aromatic heterocycles. The Kier molecular flexibility index (Phi) is 8.55. The number of carboxylic acids is 1. The fourth-order valence-corrected chi connectivity index (χ4v) is 5.26. The lowest BCUT2D eigenvalue weighted by atomic mass is 9.90. The minimum absolute atomic E-state index is 0.132. The Morgan fingerprint density at radius 1 is 1.10 bits per heavy atom. The molecule has 0 bridgehead atoms. The normalized spacial score (nSPS) is 24.8. The Labute approximate surface area is 177 Å². The lowest BCUT2D eigenvalue weighted by Crippen LogP contribution is -2.45. The SMILES string of the molecule is CC(C)C(NC1CCC(CN2CCC(CCCc3ccccc3)CC2)C1)C(=O)O. The number of aryl methyl sites for hydroxylation is 1. The average molecular weight is 401 g/mol. The van der Waals surface area contributed by atoms with Crippen molar-refractivity contribution in [2.45, 2.75) is 77.3 Å². The number of rotatable bonds is 10. The molecular formula is C25H40N2O2. The molecule has 1 saturated carbocycles. The van der Waals surface area contributed by atoms with Crippen LogP contribution >= 0.6 is 0 Å². The zero-order valence-electron chi connectivity index (χ0n) is 18.4. The van der Waals surface area contributed by atoms with Gasteiger partial charge in [-0.1, -0.05) is 50.6 Å². The number of piperidine rings is 1. The van der Waals surface area contributed by atoms with E-state index in [2.05, 4.69) is 40.5 Å². The molecule has 3 atom stereocenters. The number of nitrogens with one attached hydrogen (secondary N) is 1. The molecule has 3 rings (SSSR count). The van der Waals surface area contributed by atoms with E-state index in [1.54, 1.807) is 0 Å². The topological polar surface area (TPSA) is 52.6 Å². The van der Waals surface area contributed by atoms with Gasteiger partial charge in [-0.25, -0.2) is 0 Å². The fourth-order valence-electron chi connectivity index (χ4n) is 5.26. The van der Waals surface area contributed by atoms with E-state index < -0.39 is 12.0 Å². The summed E-state index contributed by atoms with van der Waals surface area (Å²) >= 11 is 0. The maximum Gasteiger partial charge on any atom is 0.320 e. The third kappa shape index (κ3) is 7.11. The summed E-state index contributed by atoms with van der Waals surface area (Å²) in [7, 11) is 0. The molecule has 1 saturated heterocycles. The maximum atomic E-state index is 11.4. The molecule has 2 aliphatic rings. The van der Waals surface area contributed by atoms with Gasteiger partial charge in [-0.3, -0.25) is 4.79 Å². The quantitative estimate of drug-likeness (QED) is 0.603. The van der Waals surface area contributed by atoms with Crippen LogP contribution in [0.4, 0.5) is 0 Å². The number of nitrogens with zero attached hydrogens (tertiary/aromatic N) is 1. The Bertz CT molecular complexity index is 611. The maximum absolute atomic E-state index is 11.4. The van der Waals surface area contributed by atoms with Crippen LogP contribution in [0.2, 0.25) is 0 Å². The van der Waals surface area contributed by atoms with Crippen LogP contribution < -0.4 is 5.32 Å². The van der Waals surface area contributed by atoms with Gasteiger partial charge in [0.05, 0.1) is 0 Å². The van der Waals surface area contributed by atoms with Gasteiger partial charge in [0.2, 0.25) is 0 Å². The van der Waals surface area contributed by atoms with Crippen LogP contribution in [0.15, 0.2) is 30.3 Å². The first-order valence-corrected chi connectivity index (χ1v) is 11.8. The smallest absolute Gasteiger partial charge is 0.320 e. The predicted molar refractivity (Wildman–Crippen MR) is 119 cm³/mol. The second-order valence-corrected chi connectivity index (χ2v) is 9.72. The second kappa shape index (κ2) is 11.1. The summed E-state index contributed by atoms with van der Waals surface area (Å²) in [4.78, 5) is 14.1. The zero-order valence-corrected chi connectivity index (χ0v) is 18.4. The van der Waals surface area contributed by atoms with Crippen LogP contribution in [0.3, 0.4) is 0 Å². The molecule has 1 aromatic rings. The van der Waals surface area contributed by atoms with Crippen molar-refractivity contribution >= 4 is 5.97 Å². The molecule has 2 fully saturated rings. The van der Waals surface area contributed by atoms with Crippen molar-refractivity contribution in [2.75, 3.05) is 19.6 Å². The number of carboxylic acid groups (broad SMARTS) is 1. The van der Waals surface area contributed by atoms with Crippen molar-refractivity contribution in [2.24, 2.45) is 17.8 Å². The number of aliphatic carboxylic acids is 1. The second-order valence-electron chi connectivity index (χ2n) is 9.72. The summed E-state index contributed by atoms with van der Waals surface area (Å²) < 4.78 is 0. The summed E-state index contributed by atoms with van der Waals surface area (Å²) in [6.45, 7) is 7.67. The van der Waals surface area contributed by atoms with Gasteiger partial charge in [-0.15, -0.1) is 0 Å². The molecule has 162 valence electrons. The molecule has 1 aromatic carbocycles. The summed E-state index contributed by atoms with van der Waals surface area (Å²) in [5.41, 5.74) is 1.47. The van der Waals surface area contributed by atoms with E-state index in [0.29, 0.717) is 6.04 Å². The van der Waals surface area contributed by atoms with E-state index in [9.17, 15) is 9.90 Å². The third-order valence-electron chi connectivity index (χ3n) is 7.03. The summed E-state index contributed by atoms with van der Waals surface area (Å²) in [5.74, 6) is 1.05. The van der Waals surface area contributed by atoms with Crippen LogP contribution in [-0.2, 0) is 11.2 Å². The first-order valence-electron chi connectivity index (χ1n) is 11.8. The Balaban J connectivity index is 1.31. The van der Waals surface area contributed by atoms with Gasteiger partial charge < -0.3 is 15.3 Å². The minimum Gasteiger partial charge on any atom is -0.480 e. The molecular weight excluding hydrogens is 360 g/mol. The number of hydrogen-bond acceptors (Lipinski definition) is 3. The van der Waals surface area contributed by atoms with Gasteiger partial charge in [0.25, 0.3) is 0 Å². The minimum atomic E-state index is -0.710. The first-order chi connectivity index (χ1) is 14.0. The summed E-state index contributed by atoms with van der Waals surface area (Å²) in [5, 5.41) is 12.8. The van der Waals surface area contributed by atoms with Gasteiger partial charge >= 0.3 is 5.97 Å². The molecule has 4 nitrogen and oxygen atoms in total. The lowest BCUT2D eigenvalue weighted by Gasteiger charge is -2.33. The van der Waals surface area contributed by atoms with Crippen molar-refractivity contribution < 1.29 is 9.90 Å². The van der Waals surface area contributed by atoms with Crippen molar-refractivity contribution in [3.8, 4) is 0 Å². The van der Waals surface area contributed by atoms with E-state index >= 15 is 0 Å². The van der Waals surface area contributed by atoms with Crippen LogP contribution in [0, 0.1) is 17.8 Å². The molecule has 3 unspecified atom stereocenters. The van der Waals surface area contributed by atoms with E-state index in [0.717, 1.165) is 24.7 Å².